The minimum atomic E-state index is 0.773. The Morgan fingerprint density at radius 2 is 2.00 bits per heavy atom. The SMILES string of the molecule is CC1CCCCC1N(C)CCNc1ccccc1Br. The van der Waals surface area contributed by atoms with Crippen LogP contribution in [0.15, 0.2) is 28.7 Å². The molecular weight excluding hydrogens is 300 g/mol. The molecule has 0 aliphatic heterocycles. The van der Waals surface area contributed by atoms with Crippen LogP contribution in [-0.4, -0.2) is 31.1 Å². The van der Waals surface area contributed by atoms with E-state index >= 15 is 0 Å². The summed E-state index contributed by atoms with van der Waals surface area (Å²) >= 11 is 3.57. The zero-order valence-corrected chi connectivity index (χ0v) is 13.6. The Morgan fingerprint density at radius 1 is 1.26 bits per heavy atom. The van der Waals surface area contributed by atoms with Crippen LogP contribution in [-0.2, 0) is 0 Å². The molecule has 2 nitrogen and oxygen atoms in total. The predicted molar refractivity (Wildman–Crippen MR) is 86.7 cm³/mol. The van der Waals surface area contributed by atoms with Crippen molar-refractivity contribution in [2.45, 2.75) is 38.6 Å². The second kappa shape index (κ2) is 7.30. The summed E-state index contributed by atoms with van der Waals surface area (Å²) in [6, 6.07) is 9.09. The topological polar surface area (TPSA) is 15.3 Å². The van der Waals surface area contributed by atoms with E-state index in [0.29, 0.717) is 0 Å². The molecule has 19 heavy (non-hydrogen) atoms. The molecule has 0 amide bonds. The van der Waals surface area contributed by atoms with Crippen molar-refractivity contribution in [1.82, 2.24) is 4.90 Å². The number of halogens is 1. The van der Waals surface area contributed by atoms with Gasteiger partial charge in [0.05, 0.1) is 0 Å². The number of nitrogens with zero attached hydrogens (tertiary/aromatic N) is 1. The van der Waals surface area contributed by atoms with Gasteiger partial charge in [0.1, 0.15) is 0 Å². The van der Waals surface area contributed by atoms with E-state index < -0.39 is 0 Å². The Bertz CT molecular complexity index is 394. The molecule has 1 aromatic carbocycles. The lowest BCUT2D eigenvalue weighted by Crippen LogP contribution is -2.41. The normalized spacial score (nSPS) is 23.6. The summed E-state index contributed by atoms with van der Waals surface area (Å²) in [5, 5.41) is 3.51. The number of likely N-dealkylation sites (N-methyl/N-ethyl adjacent to an activating group) is 1. The summed E-state index contributed by atoms with van der Waals surface area (Å²) in [6.07, 6.45) is 5.58. The van der Waals surface area contributed by atoms with Crippen molar-refractivity contribution in [3.63, 3.8) is 0 Å². The third kappa shape index (κ3) is 4.22. The van der Waals surface area contributed by atoms with E-state index in [9.17, 15) is 0 Å². The molecule has 0 radical (unpaired) electrons. The van der Waals surface area contributed by atoms with Crippen molar-refractivity contribution in [1.29, 1.82) is 0 Å². The molecule has 1 aromatic rings. The molecule has 1 aliphatic rings. The van der Waals surface area contributed by atoms with Crippen molar-refractivity contribution in [2.75, 3.05) is 25.5 Å². The first-order valence-corrected chi connectivity index (χ1v) is 8.16. The van der Waals surface area contributed by atoms with Gasteiger partial charge in [0, 0.05) is 29.3 Å². The number of nitrogens with one attached hydrogen (secondary N) is 1. The van der Waals surface area contributed by atoms with E-state index in [2.05, 4.69) is 58.3 Å². The van der Waals surface area contributed by atoms with Crippen LogP contribution < -0.4 is 5.32 Å². The molecule has 1 saturated carbocycles. The van der Waals surface area contributed by atoms with Crippen molar-refractivity contribution >= 4 is 21.6 Å². The summed E-state index contributed by atoms with van der Waals surface area (Å²) in [5.74, 6) is 0.849. The van der Waals surface area contributed by atoms with E-state index in [1.807, 2.05) is 6.07 Å². The minimum absolute atomic E-state index is 0.773. The lowest BCUT2D eigenvalue weighted by molar-refractivity contribution is 0.144. The Kier molecular flexibility index (Phi) is 5.71. The van der Waals surface area contributed by atoms with Crippen LogP contribution >= 0.6 is 15.9 Å². The number of hydrogen-bond donors (Lipinski definition) is 1. The summed E-state index contributed by atoms with van der Waals surface area (Å²) < 4.78 is 1.14. The molecule has 1 N–H and O–H groups in total. The highest BCUT2D eigenvalue weighted by Gasteiger charge is 2.24. The molecule has 0 heterocycles. The van der Waals surface area contributed by atoms with Gasteiger partial charge in [0.2, 0.25) is 0 Å². The first-order chi connectivity index (χ1) is 9.18. The van der Waals surface area contributed by atoms with Gasteiger partial charge >= 0.3 is 0 Å². The van der Waals surface area contributed by atoms with Crippen molar-refractivity contribution in [2.24, 2.45) is 5.92 Å². The van der Waals surface area contributed by atoms with Crippen LogP contribution in [0.4, 0.5) is 5.69 Å². The van der Waals surface area contributed by atoms with E-state index in [1.165, 1.54) is 31.4 Å². The smallest absolute Gasteiger partial charge is 0.0485 e. The van der Waals surface area contributed by atoms with Crippen molar-refractivity contribution in [3.05, 3.63) is 28.7 Å². The maximum absolute atomic E-state index is 3.57. The van der Waals surface area contributed by atoms with Crippen LogP contribution in [0, 0.1) is 5.92 Å². The van der Waals surface area contributed by atoms with Crippen LogP contribution in [0.25, 0.3) is 0 Å². The highest BCUT2D eigenvalue weighted by Crippen LogP contribution is 2.27. The average molecular weight is 325 g/mol. The third-order valence-electron chi connectivity index (χ3n) is 4.29. The summed E-state index contributed by atoms with van der Waals surface area (Å²) in [5.41, 5.74) is 1.19. The minimum Gasteiger partial charge on any atom is -0.383 e. The predicted octanol–water partition coefficient (Wildman–Crippen LogP) is 4.37. The molecule has 2 rings (SSSR count). The number of hydrogen-bond acceptors (Lipinski definition) is 2. The van der Waals surface area contributed by atoms with Gasteiger partial charge in [-0.2, -0.15) is 0 Å². The molecular formula is C16H25BrN2. The maximum Gasteiger partial charge on any atom is 0.0485 e. The van der Waals surface area contributed by atoms with Gasteiger partial charge < -0.3 is 10.2 Å². The summed E-state index contributed by atoms with van der Waals surface area (Å²) in [6.45, 7) is 4.51. The number of para-hydroxylation sites is 1. The molecule has 0 aromatic heterocycles. The van der Waals surface area contributed by atoms with Crippen LogP contribution in [0.2, 0.25) is 0 Å². The zero-order chi connectivity index (χ0) is 13.7. The van der Waals surface area contributed by atoms with Crippen molar-refractivity contribution in [3.8, 4) is 0 Å². The number of rotatable bonds is 5. The molecule has 1 aliphatic carbocycles. The standard InChI is InChI=1S/C16H25BrN2/c1-13-7-3-6-10-16(13)19(2)12-11-18-15-9-5-4-8-14(15)17/h4-5,8-9,13,16,18H,3,6-7,10-12H2,1-2H3. The molecule has 2 unspecified atom stereocenters. The van der Waals surface area contributed by atoms with Gasteiger partial charge in [-0.05, 0) is 53.9 Å². The highest BCUT2D eigenvalue weighted by molar-refractivity contribution is 9.10. The van der Waals surface area contributed by atoms with Crippen LogP contribution in [0.5, 0.6) is 0 Å². The lowest BCUT2D eigenvalue weighted by Gasteiger charge is -2.36. The van der Waals surface area contributed by atoms with E-state index in [4.69, 9.17) is 0 Å². The molecule has 0 saturated heterocycles. The number of benzene rings is 1. The fraction of sp³-hybridized carbons (Fsp3) is 0.625. The van der Waals surface area contributed by atoms with Gasteiger partial charge in [0.15, 0.2) is 0 Å². The monoisotopic (exact) mass is 324 g/mol. The van der Waals surface area contributed by atoms with Gasteiger partial charge in [0.25, 0.3) is 0 Å². The zero-order valence-electron chi connectivity index (χ0n) is 12.0. The Morgan fingerprint density at radius 3 is 2.74 bits per heavy atom. The van der Waals surface area contributed by atoms with E-state index in [1.54, 1.807) is 0 Å². The van der Waals surface area contributed by atoms with Gasteiger partial charge in [-0.1, -0.05) is 31.9 Å². The second-order valence-corrected chi connectivity index (χ2v) is 6.57. The third-order valence-corrected chi connectivity index (χ3v) is 4.98. The quantitative estimate of drug-likeness (QED) is 0.865. The largest absolute Gasteiger partial charge is 0.383 e. The van der Waals surface area contributed by atoms with Gasteiger partial charge in [-0.3, -0.25) is 0 Å². The van der Waals surface area contributed by atoms with E-state index in [-0.39, 0.29) is 0 Å². The van der Waals surface area contributed by atoms with Crippen molar-refractivity contribution < 1.29 is 0 Å². The van der Waals surface area contributed by atoms with Gasteiger partial charge in [-0.15, -0.1) is 0 Å². The van der Waals surface area contributed by atoms with Crippen LogP contribution in [0.3, 0.4) is 0 Å². The molecule has 1 fully saturated rings. The first-order valence-electron chi connectivity index (χ1n) is 7.37. The maximum atomic E-state index is 3.57. The Labute approximate surface area is 125 Å². The van der Waals surface area contributed by atoms with Gasteiger partial charge in [-0.25, -0.2) is 0 Å². The van der Waals surface area contributed by atoms with Crippen LogP contribution in [0.1, 0.15) is 32.6 Å². The average Bonchev–Trinajstić information content (AvgIpc) is 2.41. The summed E-state index contributed by atoms with van der Waals surface area (Å²) in [4.78, 5) is 2.54. The first kappa shape index (κ1) is 14.9. The lowest BCUT2D eigenvalue weighted by atomic mass is 9.85. The van der Waals surface area contributed by atoms with E-state index in [0.717, 1.165) is 29.5 Å². The molecule has 2 atom stereocenters. The highest BCUT2D eigenvalue weighted by atomic mass is 79.9. The fourth-order valence-electron chi connectivity index (χ4n) is 3.09. The fourth-order valence-corrected chi connectivity index (χ4v) is 3.51. The molecule has 106 valence electrons. The molecule has 0 bridgehead atoms. The molecule has 0 spiro atoms. The second-order valence-electron chi connectivity index (χ2n) is 5.72. The molecule has 3 heteroatoms. The number of anilines is 1. The Balaban J connectivity index is 1.77. The Hall–Kier alpha value is -0.540. The summed E-state index contributed by atoms with van der Waals surface area (Å²) in [7, 11) is 2.27.